The Hall–Kier alpha value is -3.64. The second kappa shape index (κ2) is 9.03. The molecule has 29 heavy (non-hydrogen) atoms. The fourth-order valence-electron chi connectivity index (χ4n) is 2.66. The Morgan fingerprint density at radius 1 is 0.724 bits per heavy atom. The molecule has 0 unspecified atom stereocenters. The molecule has 0 aromatic heterocycles. The lowest BCUT2D eigenvalue weighted by Gasteiger charge is -2.12. The van der Waals surface area contributed by atoms with E-state index in [-0.39, 0.29) is 11.8 Å². The molecule has 3 amide bonds. The van der Waals surface area contributed by atoms with Gasteiger partial charge < -0.3 is 16.0 Å². The number of carbonyl (C=O) groups excluding carboxylic acids is 3. The predicted molar refractivity (Wildman–Crippen MR) is 115 cm³/mol. The number of anilines is 3. The highest BCUT2D eigenvalue weighted by Gasteiger charge is 2.15. The number of rotatable bonds is 5. The third kappa shape index (κ3) is 5.43. The second-order valence-corrected chi connectivity index (χ2v) is 6.66. The molecule has 0 saturated heterocycles. The van der Waals surface area contributed by atoms with E-state index in [0.29, 0.717) is 33.2 Å². The summed E-state index contributed by atoms with van der Waals surface area (Å²) in [5.74, 6) is -0.995. The van der Waals surface area contributed by atoms with E-state index in [4.69, 9.17) is 11.6 Å². The molecular formula is C22H18ClN3O3. The summed E-state index contributed by atoms with van der Waals surface area (Å²) in [7, 11) is 0. The zero-order valence-corrected chi connectivity index (χ0v) is 16.3. The summed E-state index contributed by atoms with van der Waals surface area (Å²) in [6.07, 6.45) is 0. The maximum Gasteiger partial charge on any atom is 0.257 e. The highest BCUT2D eigenvalue weighted by atomic mass is 35.5. The minimum atomic E-state index is -0.399. The topological polar surface area (TPSA) is 87.3 Å². The average molecular weight is 408 g/mol. The van der Waals surface area contributed by atoms with Gasteiger partial charge in [0, 0.05) is 28.9 Å². The van der Waals surface area contributed by atoms with Gasteiger partial charge in [-0.25, -0.2) is 0 Å². The van der Waals surface area contributed by atoms with Crippen molar-refractivity contribution < 1.29 is 14.4 Å². The van der Waals surface area contributed by atoms with Crippen molar-refractivity contribution in [1.82, 2.24) is 0 Å². The van der Waals surface area contributed by atoms with Crippen molar-refractivity contribution in [3.63, 3.8) is 0 Å². The van der Waals surface area contributed by atoms with Crippen molar-refractivity contribution in [3.8, 4) is 0 Å². The lowest BCUT2D eigenvalue weighted by atomic mass is 10.1. The number of para-hydroxylation sites is 1. The summed E-state index contributed by atoms with van der Waals surface area (Å²) in [5.41, 5.74) is 2.13. The van der Waals surface area contributed by atoms with Crippen LogP contribution in [0.2, 0.25) is 5.02 Å². The first kappa shape index (κ1) is 20.1. The SMILES string of the molecule is CC(=O)Nc1cccc(C(=O)Nc2ccccc2C(=O)Nc2ccc(Cl)cc2)c1. The Bertz CT molecular complexity index is 1060. The van der Waals surface area contributed by atoms with Crippen molar-refractivity contribution >= 4 is 46.4 Å². The van der Waals surface area contributed by atoms with E-state index >= 15 is 0 Å². The number of hydrogen-bond donors (Lipinski definition) is 3. The summed E-state index contributed by atoms with van der Waals surface area (Å²) < 4.78 is 0. The van der Waals surface area contributed by atoms with Crippen molar-refractivity contribution in [3.05, 3.63) is 88.9 Å². The van der Waals surface area contributed by atoms with Crippen LogP contribution in [0.3, 0.4) is 0 Å². The largest absolute Gasteiger partial charge is 0.326 e. The normalized spacial score (nSPS) is 10.1. The number of hydrogen-bond acceptors (Lipinski definition) is 3. The van der Waals surface area contributed by atoms with Crippen LogP contribution in [-0.4, -0.2) is 17.7 Å². The standard InChI is InChI=1S/C22H18ClN3O3/c1-14(27)24-18-6-4-5-15(13-18)21(28)26-20-8-3-2-7-19(20)22(29)25-17-11-9-16(23)10-12-17/h2-13H,1H3,(H,24,27)(H,25,29)(H,26,28). The third-order valence-electron chi connectivity index (χ3n) is 3.97. The molecule has 0 saturated carbocycles. The maximum atomic E-state index is 12.7. The van der Waals surface area contributed by atoms with E-state index in [1.807, 2.05) is 0 Å². The van der Waals surface area contributed by atoms with Crippen LogP contribution in [0.25, 0.3) is 0 Å². The Morgan fingerprint density at radius 2 is 1.45 bits per heavy atom. The molecule has 0 radical (unpaired) electrons. The van der Waals surface area contributed by atoms with Crippen molar-refractivity contribution in [2.24, 2.45) is 0 Å². The molecule has 0 aliphatic rings. The zero-order valence-electron chi connectivity index (χ0n) is 15.5. The van der Waals surface area contributed by atoms with E-state index in [1.165, 1.54) is 6.92 Å². The van der Waals surface area contributed by atoms with Crippen molar-refractivity contribution in [2.75, 3.05) is 16.0 Å². The molecule has 3 rings (SSSR count). The molecule has 3 aromatic rings. The molecule has 3 N–H and O–H groups in total. The van der Waals surface area contributed by atoms with Crippen LogP contribution in [-0.2, 0) is 4.79 Å². The first-order chi connectivity index (χ1) is 13.9. The van der Waals surface area contributed by atoms with Crippen LogP contribution < -0.4 is 16.0 Å². The van der Waals surface area contributed by atoms with Crippen LogP contribution >= 0.6 is 11.6 Å². The van der Waals surface area contributed by atoms with Gasteiger partial charge in [-0.1, -0.05) is 29.8 Å². The van der Waals surface area contributed by atoms with Gasteiger partial charge in [0.25, 0.3) is 11.8 Å². The highest BCUT2D eigenvalue weighted by Crippen LogP contribution is 2.20. The number of benzene rings is 3. The fourth-order valence-corrected chi connectivity index (χ4v) is 2.78. The van der Waals surface area contributed by atoms with Gasteiger partial charge in [-0.2, -0.15) is 0 Å². The first-order valence-corrected chi connectivity index (χ1v) is 9.15. The maximum absolute atomic E-state index is 12.7. The minimum absolute atomic E-state index is 0.230. The van der Waals surface area contributed by atoms with Gasteiger partial charge in [0.1, 0.15) is 0 Å². The molecule has 0 heterocycles. The lowest BCUT2D eigenvalue weighted by molar-refractivity contribution is -0.114. The van der Waals surface area contributed by atoms with Crippen LogP contribution in [0.5, 0.6) is 0 Å². The van der Waals surface area contributed by atoms with Crippen LogP contribution in [0.1, 0.15) is 27.6 Å². The second-order valence-electron chi connectivity index (χ2n) is 6.22. The molecule has 0 spiro atoms. The van der Waals surface area contributed by atoms with Gasteiger partial charge in [-0.05, 0) is 54.6 Å². The van der Waals surface area contributed by atoms with Gasteiger partial charge in [-0.3, -0.25) is 14.4 Å². The monoisotopic (exact) mass is 407 g/mol. The number of halogens is 1. The lowest BCUT2D eigenvalue weighted by Crippen LogP contribution is -2.18. The summed E-state index contributed by atoms with van der Waals surface area (Å²) in [6.45, 7) is 1.39. The van der Waals surface area contributed by atoms with Gasteiger partial charge >= 0.3 is 0 Å². The molecule has 146 valence electrons. The predicted octanol–water partition coefficient (Wildman–Crippen LogP) is 4.80. The third-order valence-corrected chi connectivity index (χ3v) is 4.22. The van der Waals surface area contributed by atoms with Crippen LogP contribution in [0.15, 0.2) is 72.8 Å². The Kier molecular flexibility index (Phi) is 6.26. The summed E-state index contributed by atoms with van der Waals surface area (Å²) in [6, 6.07) is 20.0. The fraction of sp³-hybridized carbons (Fsp3) is 0.0455. The Morgan fingerprint density at radius 3 is 2.17 bits per heavy atom. The van der Waals surface area contributed by atoms with E-state index in [1.54, 1.807) is 72.8 Å². The van der Waals surface area contributed by atoms with Gasteiger partial charge in [0.15, 0.2) is 0 Å². The number of carbonyl (C=O) groups is 3. The van der Waals surface area contributed by atoms with Gasteiger partial charge in [0.2, 0.25) is 5.91 Å². The molecule has 0 aliphatic heterocycles. The Labute approximate surface area is 172 Å². The van der Waals surface area contributed by atoms with Crippen molar-refractivity contribution in [2.45, 2.75) is 6.92 Å². The smallest absolute Gasteiger partial charge is 0.257 e. The van der Waals surface area contributed by atoms with E-state index in [2.05, 4.69) is 16.0 Å². The molecule has 0 bridgehead atoms. The molecule has 6 nitrogen and oxygen atoms in total. The van der Waals surface area contributed by atoms with Gasteiger partial charge in [0.05, 0.1) is 11.3 Å². The molecule has 3 aromatic carbocycles. The van der Waals surface area contributed by atoms with Crippen LogP contribution in [0.4, 0.5) is 17.1 Å². The van der Waals surface area contributed by atoms with E-state index < -0.39 is 5.91 Å². The molecule has 0 aliphatic carbocycles. The molecule has 0 fully saturated rings. The van der Waals surface area contributed by atoms with E-state index in [9.17, 15) is 14.4 Å². The van der Waals surface area contributed by atoms with Crippen molar-refractivity contribution in [1.29, 1.82) is 0 Å². The molecule has 0 atom stereocenters. The molecule has 7 heteroatoms. The highest BCUT2D eigenvalue weighted by molar-refractivity contribution is 6.30. The zero-order chi connectivity index (χ0) is 20.8. The number of amides is 3. The van der Waals surface area contributed by atoms with E-state index in [0.717, 1.165) is 0 Å². The summed E-state index contributed by atoms with van der Waals surface area (Å²) in [4.78, 5) is 36.5. The Balaban J connectivity index is 1.78. The summed E-state index contributed by atoms with van der Waals surface area (Å²) >= 11 is 5.86. The van der Waals surface area contributed by atoms with Crippen LogP contribution in [0, 0.1) is 0 Å². The first-order valence-electron chi connectivity index (χ1n) is 8.77. The average Bonchev–Trinajstić information content (AvgIpc) is 2.70. The summed E-state index contributed by atoms with van der Waals surface area (Å²) in [5, 5.41) is 8.72. The minimum Gasteiger partial charge on any atom is -0.326 e. The quantitative estimate of drug-likeness (QED) is 0.567. The van der Waals surface area contributed by atoms with Gasteiger partial charge in [-0.15, -0.1) is 0 Å². The molecular weight excluding hydrogens is 390 g/mol. The number of nitrogens with one attached hydrogen (secondary N) is 3.